The zero-order valence-corrected chi connectivity index (χ0v) is 8.48. The lowest BCUT2D eigenvalue weighted by atomic mass is 9.79. The van der Waals surface area contributed by atoms with Gasteiger partial charge >= 0.3 is 0 Å². The first-order valence-electron chi connectivity index (χ1n) is 4.89. The van der Waals surface area contributed by atoms with Crippen LogP contribution in [0.4, 0.5) is 0 Å². The Morgan fingerprint density at radius 1 is 1.18 bits per heavy atom. The summed E-state index contributed by atoms with van der Waals surface area (Å²) in [7, 11) is 0. The van der Waals surface area contributed by atoms with E-state index >= 15 is 0 Å². The summed E-state index contributed by atoms with van der Waals surface area (Å²) in [6.45, 7) is 8.88. The molecule has 0 aromatic carbocycles. The van der Waals surface area contributed by atoms with E-state index in [4.69, 9.17) is 5.73 Å². The smallest absolute Gasteiger partial charge is 0.0174 e. The summed E-state index contributed by atoms with van der Waals surface area (Å²) < 4.78 is 0. The average Bonchev–Trinajstić information content (AvgIpc) is 2.03. The summed E-state index contributed by atoms with van der Waals surface area (Å²) in [6.07, 6.45) is 4.72. The van der Waals surface area contributed by atoms with Crippen LogP contribution in [0.15, 0.2) is 0 Å². The van der Waals surface area contributed by atoms with Gasteiger partial charge in [-0.25, -0.2) is 0 Å². The quantitative estimate of drug-likeness (QED) is 0.652. The number of hydrogen-bond donors (Lipinski definition) is 1. The zero-order chi connectivity index (χ0) is 8.91. The molecule has 1 atom stereocenters. The first-order valence-corrected chi connectivity index (χ1v) is 4.89. The highest BCUT2D eigenvalue weighted by atomic mass is 14.7. The third-order valence-electron chi connectivity index (χ3n) is 3.02. The molecule has 2 N–H and O–H groups in total. The normalized spacial score (nSPS) is 15.0. The zero-order valence-electron chi connectivity index (χ0n) is 8.48. The van der Waals surface area contributed by atoms with Gasteiger partial charge in [0, 0.05) is 5.54 Å². The highest BCUT2D eigenvalue weighted by Crippen LogP contribution is 2.25. The Morgan fingerprint density at radius 2 is 1.64 bits per heavy atom. The molecule has 0 amide bonds. The summed E-state index contributed by atoms with van der Waals surface area (Å²) >= 11 is 0. The Balaban J connectivity index is 4.00. The molecule has 68 valence electrons. The number of nitrogens with two attached hydrogens (primary N) is 1. The molecular weight excluding hydrogens is 134 g/mol. The molecule has 0 rings (SSSR count). The van der Waals surface area contributed by atoms with Crippen molar-refractivity contribution in [1.82, 2.24) is 0 Å². The fraction of sp³-hybridized carbons (Fsp3) is 1.00. The van der Waals surface area contributed by atoms with Crippen molar-refractivity contribution in [2.45, 2.75) is 58.9 Å². The fourth-order valence-electron chi connectivity index (χ4n) is 1.67. The second-order valence-electron chi connectivity index (χ2n) is 3.63. The highest BCUT2D eigenvalue weighted by Gasteiger charge is 2.26. The first kappa shape index (κ1) is 11.0. The molecule has 0 fully saturated rings. The van der Waals surface area contributed by atoms with Crippen LogP contribution in [-0.4, -0.2) is 5.54 Å². The molecule has 1 unspecified atom stereocenters. The van der Waals surface area contributed by atoms with Crippen LogP contribution in [0.2, 0.25) is 0 Å². The van der Waals surface area contributed by atoms with Gasteiger partial charge in [-0.05, 0) is 25.2 Å². The second-order valence-corrected chi connectivity index (χ2v) is 3.63. The Labute approximate surface area is 71.4 Å². The molecule has 0 aromatic rings. The van der Waals surface area contributed by atoms with Gasteiger partial charge in [-0.15, -0.1) is 0 Å². The van der Waals surface area contributed by atoms with Crippen molar-refractivity contribution in [3.8, 4) is 0 Å². The van der Waals surface area contributed by atoms with Crippen LogP contribution in [0.5, 0.6) is 0 Å². The lowest BCUT2D eigenvalue weighted by Gasteiger charge is -2.33. The third-order valence-corrected chi connectivity index (χ3v) is 3.02. The van der Waals surface area contributed by atoms with Crippen LogP contribution in [0, 0.1) is 5.92 Å². The van der Waals surface area contributed by atoms with E-state index in [0.29, 0.717) is 5.92 Å². The Kier molecular flexibility index (Phi) is 4.74. The van der Waals surface area contributed by atoms with E-state index in [0.717, 1.165) is 12.8 Å². The molecule has 1 nitrogen and oxygen atoms in total. The van der Waals surface area contributed by atoms with Gasteiger partial charge in [0.1, 0.15) is 0 Å². The molecule has 0 heterocycles. The maximum Gasteiger partial charge on any atom is 0.0174 e. The Hall–Kier alpha value is -0.0400. The van der Waals surface area contributed by atoms with E-state index in [-0.39, 0.29) is 5.54 Å². The lowest BCUT2D eigenvalue weighted by Crippen LogP contribution is -2.44. The van der Waals surface area contributed by atoms with Crippen molar-refractivity contribution in [2.75, 3.05) is 0 Å². The summed E-state index contributed by atoms with van der Waals surface area (Å²) in [5, 5.41) is 0. The van der Waals surface area contributed by atoms with E-state index in [2.05, 4.69) is 27.7 Å². The fourth-order valence-corrected chi connectivity index (χ4v) is 1.67. The van der Waals surface area contributed by atoms with Crippen molar-refractivity contribution in [2.24, 2.45) is 11.7 Å². The van der Waals surface area contributed by atoms with Crippen LogP contribution in [0.25, 0.3) is 0 Å². The maximum absolute atomic E-state index is 6.23. The Morgan fingerprint density at radius 3 is 1.91 bits per heavy atom. The molecule has 0 radical (unpaired) electrons. The molecule has 0 aromatic heterocycles. The van der Waals surface area contributed by atoms with Gasteiger partial charge in [-0.1, -0.05) is 34.1 Å². The Bertz CT molecular complexity index is 95.0. The molecule has 0 aliphatic carbocycles. The van der Waals surface area contributed by atoms with Gasteiger partial charge in [0.15, 0.2) is 0 Å². The van der Waals surface area contributed by atoms with Gasteiger partial charge in [0.25, 0.3) is 0 Å². The molecule has 0 spiro atoms. The van der Waals surface area contributed by atoms with Crippen molar-refractivity contribution in [3.63, 3.8) is 0 Å². The van der Waals surface area contributed by atoms with E-state index in [9.17, 15) is 0 Å². The lowest BCUT2D eigenvalue weighted by molar-refractivity contribution is 0.254. The third kappa shape index (κ3) is 2.82. The number of hydrogen-bond acceptors (Lipinski definition) is 1. The molecule has 11 heavy (non-hydrogen) atoms. The standard InChI is InChI=1S/C10H23N/c1-5-8-9(4)10(11,6-2)7-3/h9H,5-8,11H2,1-4H3. The van der Waals surface area contributed by atoms with Crippen molar-refractivity contribution in [3.05, 3.63) is 0 Å². The van der Waals surface area contributed by atoms with E-state index < -0.39 is 0 Å². The topological polar surface area (TPSA) is 26.0 Å². The first-order chi connectivity index (χ1) is 5.10. The average molecular weight is 157 g/mol. The monoisotopic (exact) mass is 157 g/mol. The molecule has 0 aliphatic heterocycles. The molecule has 0 saturated carbocycles. The van der Waals surface area contributed by atoms with Crippen LogP contribution >= 0.6 is 0 Å². The summed E-state index contributed by atoms with van der Waals surface area (Å²) in [6, 6.07) is 0. The second kappa shape index (κ2) is 4.76. The largest absolute Gasteiger partial charge is 0.325 e. The predicted molar refractivity (Wildman–Crippen MR) is 51.6 cm³/mol. The highest BCUT2D eigenvalue weighted by molar-refractivity contribution is 4.86. The SMILES string of the molecule is CCCC(C)C(N)(CC)CC. The van der Waals surface area contributed by atoms with E-state index in [1.165, 1.54) is 12.8 Å². The van der Waals surface area contributed by atoms with Crippen LogP contribution < -0.4 is 5.73 Å². The summed E-state index contributed by atoms with van der Waals surface area (Å²) in [5.74, 6) is 0.669. The molecular formula is C10H23N. The van der Waals surface area contributed by atoms with Crippen molar-refractivity contribution in [1.29, 1.82) is 0 Å². The van der Waals surface area contributed by atoms with E-state index in [1.807, 2.05) is 0 Å². The minimum atomic E-state index is 0.0933. The number of rotatable bonds is 5. The maximum atomic E-state index is 6.23. The predicted octanol–water partition coefficient (Wildman–Crippen LogP) is 2.94. The van der Waals surface area contributed by atoms with Crippen molar-refractivity contribution < 1.29 is 0 Å². The van der Waals surface area contributed by atoms with Gasteiger partial charge in [-0.3, -0.25) is 0 Å². The van der Waals surface area contributed by atoms with Crippen molar-refractivity contribution >= 4 is 0 Å². The molecule has 0 bridgehead atoms. The van der Waals surface area contributed by atoms with Crippen LogP contribution in [0.1, 0.15) is 53.4 Å². The molecule has 0 aliphatic rings. The molecule has 1 heteroatoms. The minimum Gasteiger partial charge on any atom is -0.325 e. The summed E-state index contributed by atoms with van der Waals surface area (Å²) in [5.41, 5.74) is 6.32. The van der Waals surface area contributed by atoms with Crippen LogP contribution in [-0.2, 0) is 0 Å². The summed E-state index contributed by atoms with van der Waals surface area (Å²) in [4.78, 5) is 0. The minimum absolute atomic E-state index is 0.0933. The molecule has 0 saturated heterocycles. The van der Waals surface area contributed by atoms with E-state index in [1.54, 1.807) is 0 Å². The van der Waals surface area contributed by atoms with Gasteiger partial charge in [-0.2, -0.15) is 0 Å². The van der Waals surface area contributed by atoms with Gasteiger partial charge in [0.2, 0.25) is 0 Å². The van der Waals surface area contributed by atoms with Gasteiger partial charge in [0.05, 0.1) is 0 Å². The van der Waals surface area contributed by atoms with Crippen LogP contribution in [0.3, 0.4) is 0 Å². The van der Waals surface area contributed by atoms with Gasteiger partial charge < -0.3 is 5.73 Å².